The number of likely N-dealkylation sites (N-methyl/N-ethyl adjacent to an activating group) is 1. The summed E-state index contributed by atoms with van der Waals surface area (Å²) in [6, 6.07) is 17.3. The van der Waals surface area contributed by atoms with Crippen molar-refractivity contribution < 1.29 is 5.11 Å². The van der Waals surface area contributed by atoms with Crippen molar-refractivity contribution in [3.05, 3.63) is 70.8 Å². The topological polar surface area (TPSA) is 23.5 Å². The standard InChI is InChI=1S/C26H37NO/c1-24(2,3)19-10-14-21(15-11-19)26(28,23-9-8-18-27(23)7)22-16-12-20(13-17-22)25(4,5)6/h10-17,23,28H,8-9,18H2,1-7H3/t23-/m0/s1. The highest BCUT2D eigenvalue weighted by Gasteiger charge is 2.44. The maximum atomic E-state index is 12.2. The minimum atomic E-state index is -1.00. The minimum absolute atomic E-state index is 0.0912. The van der Waals surface area contributed by atoms with Gasteiger partial charge in [0.25, 0.3) is 0 Å². The van der Waals surface area contributed by atoms with Crippen LogP contribution in [0.3, 0.4) is 0 Å². The van der Waals surface area contributed by atoms with Crippen molar-refractivity contribution in [2.45, 2.75) is 76.9 Å². The van der Waals surface area contributed by atoms with Crippen LogP contribution in [0, 0.1) is 0 Å². The lowest BCUT2D eigenvalue weighted by atomic mass is 9.76. The Morgan fingerprint density at radius 3 is 1.36 bits per heavy atom. The Labute approximate surface area is 171 Å². The quantitative estimate of drug-likeness (QED) is 0.749. The largest absolute Gasteiger partial charge is 0.379 e. The molecule has 1 saturated heterocycles. The molecule has 1 aliphatic rings. The summed E-state index contributed by atoms with van der Waals surface area (Å²) >= 11 is 0. The van der Waals surface area contributed by atoms with Gasteiger partial charge in [-0.2, -0.15) is 0 Å². The monoisotopic (exact) mass is 379 g/mol. The third kappa shape index (κ3) is 3.90. The summed E-state index contributed by atoms with van der Waals surface area (Å²) in [6.45, 7) is 14.4. The summed E-state index contributed by atoms with van der Waals surface area (Å²) in [5, 5.41) is 12.2. The number of hydrogen-bond donors (Lipinski definition) is 1. The zero-order valence-electron chi connectivity index (χ0n) is 18.7. The fourth-order valence-electron chi connectivity index (χ4n) is 4.44. The molecule has 2 aromatic carbocycles. The fraction of sp³-hybridized carbons (Fsp3) is 0.538. The van der Waals surface area contributed by atoms with Gasteiger partial charge in [0.05, 0.1) is 0 Å². The van der Waals surface area contributed by atoms with E-state index in [0.29, 0.717) is 0 Å². The van der Waals surface area contributed by atoms with Crippen LogP contribution in [0.2, 0.25) is 0 Å². The number of hydrogen-bond acceptors (Lipinski definition) is 2. The van der Waals surface area contributed by atoms with E-state index in [1.165, 1.54) is 11.1 Å². The van der Waals surface area contributed by atoms with E-state index >= 15 is 0 Å². The van der Waals surface area contributed by atoms with Gasteiger partial charge in [-0.15, -0.1) is 0 Å². The van der Waals surface area contributed by atoms with Crippen molar-refractivity contribution in [1.82, 2.24) is 4.90 Å². The normalized spacial score (nSPS) is 19.2. The van der Waals surface area contributed by atoms with Crippen molar-refractivity contribution in [3.8, 4) is 0 Å². The third-order valence-corrected chi connectivity index (χ3v) is 6.38. The van der Waals surface area contributed by atoms with E-state index in [1.54, 1.807) is 0 Å². The van der Waals surface area contributed by atoms with Gasteiger partial charge in [-0.05, 0) is 59.5 Å². The highest BCUT2D eigenvalue weighted by Crippen LogP contribution is 2.41. The lowest BCUT2D eigenvalue weighted by molar-refractivity contribution is 0.00464. The average molecular weight is 380 g/mol. The van der Waals surface area contributed by atoms with Crippen LogP contribution in [0.4, 0.5) is 0 Å². The lowest BCUT2D eigenvalue weighted by Crippen LogP contribution is -2.47. The third-order valence-electron chi connectivity index (χ3n) is 6.38. The first-order valence-corrected chi connectivity index (χ1v) is 10.6. The Kier molecular flexibility index (Phi) is 5.51. The van der Waals surface area contributed by atoms with Gasteiger partial charge in [-0.1, -0.05) is 90.1 Å². The second-order valence-electron chi connectivity index (χ2n) is 10.6. The molecule has 0 bridgehead atoms. The molecule has 0 spiro atoms. The van der Waals surface area contributed by atoms with Crippen LogP contribution in [0.25, 0.3) is 0 Å². The highest BCUT2D eigenvalue weighted by atomic mass is 16.3. The lowest BCUT2D eigenvalue weighted by Gasteiger charge is -2.39. The number of likely N-dealkylation sites (tertiary alicyclic amines) is 1. The molecule has 0 saturated carbocycles. The molecule has 28 heavy (non-hydrogen) atoms. The van der Waals surface area contributed by atoms with E-state index in [-0.39, 0.29) is 16.9 Å². The molecular weight excluding hydrogens is 342 g/mol. The van der Waals surface area contributed by atoms with E-state index in [0.717, 1.165) is 30.5 Å². The molecule has 2 nitrogen and oxygen atoms in total. The molecule has 0 unspecified atom stereocenters. The van der Waals surface area contributed by atoms with Crippen LogP contribution in [0.15, 0.2) is 48.5 Å². The Balaban J connectivity index is 2.08. The molecule has 0 aromatic heterocycles. The average Bonchev–Trinajstić information content (AvgIpc) is 3.06. The van der Waals surface area contributed by atoms with Gasteiger partial charge in [0.1, 0.15) is 5.60 Å². The molecule has 2 aromatic rings. The van der Waals surface area contributed by atoms with Crippen molar-refractivity contribution >= 4 is 0 Å². The van der Waals surface area contributed by atoms with Crippen molar-refractivity contribution in [2.24, 2.45) is 0 Å². The van der Waals surface area contributed by atoms with E-state index in [4.69, 9.17) is 0 Å². The maximum absolute atomic E-state index is 12.2. The summed E-state index contributed by atoms with van der Waals surface area (Å²) < 4.78 is 0. The van der Waals surface area contributed by atoms with Crippen LogP contribution in [-0.2, 0) is 16.4 Å². The number of nitrogens with zero attached hydrogens (tertiary/aromatic N) is 1. The summed E-state index contributed by atoms with van der Waals surface area (Å²) in [5.41, 5.74) is 3.77. The molecule has 0 radical (unpaired) electrons. The first-order chi connectivity index (χ1) is 12.9. The Morgan fingerprint density at radius 1 is 0.714 bits per heavy atom. The molecule has 1 heterocycles. The molecule has 1 atom stereocenters. The van der Waals surface area contributed by atoms with Crippen LogP contribution >= 0.6 is 0 Å². The zero-order chi connectivity index (χ0) is 20.7. The smallest absolute Gasteiger partial charge is 0.130 e. The fourth-order valence-corrected chi connectivity index (χ4v) is 4.44. The highest BCUT2D eigenvalue weighted by molar-refractivity contribution is 5.42. The van der Waals surface area contributed by atoms with Gasteiger partial charge in [0.15, 0.2) is 0 Å². The summed E-state index contributed by atoms with van der Waals surface area (Å²) in [4.78, 5) is 2.31. The SMILES string of the molecule is CN1CCC[C@H]1C(O)(c1ccc(C(C)(C)C)cc1)c1ccc(C(C)(C)C)cc1. The molecule has 3 rings (SSSR count). The van der Waals surface area contributed by atoms with Crippen molar-refractivity contribution in [1.29, 1.82) is 0 Å². The summed E-state index contributed by atoms with van der Waals surface area (Å²) in [6.07, 6.45) is 2.14. The summed E-state index contributed by atoms with van der Waals surface area (Å²) in [5.74, 6) is 0. The van der Waals surface area contributed by atoms with E-state index < -0.39 is 5.60 Å². The molecule has 1 N–H and O–H groups in total. The maximum Gasteiger partial charge on any atom is 0.130 e. The Bertz CT molecular complexity index is 733. The predicted molar refractivity (Wildman–Crippen MR) is 119 cm³/mol. The molecule has 152 valence electrons. The van der Waals surface area contributed by atoms with E-state index in [1.807, 2.05) is 0 Å². The van der Waals surface area contributed by atoms with Gasteiger partial charge in [-0.25, -0.2) is 0 Å². The van der Waals surface area contributed by atoms with Crippen LogP contribution in [0.1, 0.15) is 76.6 Å². The van der Waals surface area contributed by atoms with Gasteiger partial charge < -0.3 is 5.11 Å². The van der Waals surface area contributed by atoms with Gasteiger partial charge in [0, 0.05) is 6.04 Å². The predicted octanol–water partition coefficient (Wildman–Crippen LogP) is 5.61. The molecule has 1 aliphatic heterocycles. The van der Waals surface area contributed by atoms with Crippen molar-refractivity contribution in [3.63, 3.8) is 0 Å². The van der Waals surface area contributed by atoms with Crippen molar-refractivity contribution in [2.75, 3.05) is 13.6 Å². The summed E-state index contributed by atoms with van der Waals surface area (Å²) in [7, 11) is 2.13. The molecule has 2 heteroatoms. The van der Waals surface area contributed by atoms with Gasteiger partial charge >= 0.3 is 0 Å². The molecule has 0 amide bonds. The van der Waals surface area contributed by atoms with Crippen LogP contribution < -0.4 is 0 Å². The van der Waals surface area contributed by atoms with Crippen LogP contribution in [-0.4, -0.2) is 29.6 Å². The molecule has 0 aliphatic carbocycles. The Morgan fingerprint density at radius 2 is 1.07 bits per heavy atom. The zero-order valence-corrected chi connectivity index (χ0v) is 18.7. The minimum Gasteiger partial charge on any atom is -0.379 e. The van der Waals surface area contributed by atoms with Gasteiger partial charge in [-0.3, -0.25) is 4.90 Å². The number of rotatable bonds is 3. The number of aliphatic hydroxyl groups is 1. The second-order valence-corrected chi connectivity index (χ2v) is 10.6. The second kappa shape index (κ2) is 7.31. The molecular formula is C26H37NO. The first kappa shape index (κ1) is 21.1. The van der Waals surface area contributed by atoms with Crippen LogP contribution in [0.5, 0.6) is 0 Å². The first-order valence-electron chi connectivity index (χ1n) is 10.6. The number of benzene rings is 2. The molecule has 1 fully saturated rings. The van der Waals surface area contributed by atoms with E-state index in [9.17, 15) is 5.11 Å². The van der Waals surface area contributed by atoms with E-state index in [2.05, 4.69) is 102 Å². The Hall–Kier alpha value is -1.64. The van der Waals surface area contributed by atoms with Gasteiger partial charge in [0.2, 0.25) is 0 Å².